The van der Waals surface area contributed by atoms with Gasteiger partial charge in [0.1, 0.15) is 6.54 Å². The Morgan fingerprint density at radius 3 is 2.27 bits per heavy atom. The first-order valence-electron chi connectivity index (χ1n) is 7.42. The number of piperazine rings is 1. The molecule has 120 valence electrons. The van der Waals surface area contributed by atoms with Crippen molar-refractivity contribution in [2.24, 2.45) is 0 Å². The molecule has 2 rings (SSSR count). The van der Waals surface area contributed by atoms with Crippen LogP contribution in [-0.4, -0.2) is 66.3 Å². The van der Waals surface area contributed by atoms with Crippen molar-refractivity contribution in [2.75, 3.05) is 39.8 Å². The maximum atomic E-state index is 12.4. The fourth-order valence-corrected chi connectivity index (χ4v) is 2.53. The minimum atomic E-state index is -0.0996. The molecule has 0 atom stereocenters. The number of carbonyl (C=O) groups excluding carboxylic acids is 2. The standard InChI is InChI=1S/C16H22ClN3O2/c1-13(21)20(11-14-3-5-15(17)6-4-14)12-16(22)19-9-7-18(2)8-10-19/h3-6H,7-12H2,1-2H3. The predicted octanol–water partition coefficient (Wildman–Crippen LogP) is 1.46. The van der Waals surface area contributed by atoms with E-state index in [2.05, 4.69) is 4.90 Å². The summed E-state index contributed by atoms with van der Waals surface area (Å²) in [7, 11) is 2.05. The molecule has 6 heteroatoms. The Balaban J connectivity index is 1.95. The zero-order chi connectivity index (χ0) is 16.1. The Morgan fingerprint density at radius 2 is 1.73 bits per heavy atom. The van der Waals surface area contributed by atoms with Crippen LogP contribution in [0.3, 0.4) is 0 Å². The number of nitrogens with zero attached hydrogens (tertiary/aromatic N) is 3. The first kappa shape index (κ1) is 16.8. The third-order valence-electron chi connectivity index (χ3n) is 3.91. The Hall–Kier alpha value is -1.59. The smallest absolute Gasteiger partial charge is 0.242 e. The third kappa shape index (κ3) is 4.71. The van der Waals surface area contributed by atoms with Crippen molar-refractivity contribution >= 4 is 23.4 Å². The van der Waals surface area contributed by atoms with Crippen molar-refractivity contribution in [3.63, 3.8) is 0 Å². The van der Waals surface area contributed by atoms with Gasteiger partial charge in [0.2, 0.25) is 11.8 Å². The number of benzene rings is 1. The Labute approximate surface area is 136 Å². The molecular weight excluding hydrogens is 302 g/mol. The number of hydrogen-bond acceptors (Lipinski definition) is 3. The summed E-state index contributed by atoms with van der Waals surface area (Å²) in [4.78, 5) is 29.8. The lowest BCUT2D eigenvalue weighted by molar-refractivity contribution is -0.140. The predicted molar refractivity (Wildman–Crippen MR) is 86.6 cm³/mol. The molecule has 1 fully saturated rings. The van der Waals surface area contributed by atoms with Crippen LogP contribution in [-0.2, 0) is 16.1 Å². The molecule has 0 aliphatic carbocycles. The van der Waals surface area contributed by atoms with E-state index in [9.17, 15) is 9.59 Å². The van der Waals surface area contributed by atoms with Crippen molar-refractivity contribution in [1.82, 2.24) is 14.7 Å². The lowest BCUT2D eigenvalue weighted by Gasteiger charge is -2.33. The van der Waals surface area contributed by atoms with E-state index in [1.54, 1.807) is 17.0 Å². The summed E-state index contributed by atoms with van der Waals surface area (Å²) in [5, 5.41) is 0.659. The van der Waals surface area contributed by atoms with Gasteiger partial charge in [0.05, 0.1) is 0 Å². The molecule has 1 saturated heterocycles. The van der Waals surface area contributed by atoms with Crippen LogP contribution in [0.4, 0.5) is 0 Å². The van der Waals surface area contributed by atoms with Gasteiger partial charge in [-0.25, -0.2) is 0 Å². The Bertz CT molecular complexity index is 525. The molecule has 1 aliphatic heterocycles. The lowest BCUT2D eigenvalue weighted by Crippen LogP contribution is -2.50. The van der Waals surface area contributed by atoms with Crippen LogP contribution in [0.5, 0.6) is 0 Å². The van der Waals surface area contributed by atoms with Crippen LogP contribution in [0.25, 0.3) is 0 Å². The van der Waals surface area contributed by atoms with Gasteiger partial charge in [-0.3, -0.25) is 9.59 Å². The van der Waals surface area contributed by atoms with Crippen molar-refractivity contribution in [3.8, 4) is 0 Å². The monoisotopic (exact) mass is 323 g/mol. The van der Waals surface area contributed by atoms with Gasteiger partial charge in [0, 0.05) is 44.7 Å². The van der Waals surface area contributed by atoms with Gasteiger partial charge < -0.3 is 14.7 Å². The van der Waals surface area contributed by atoms with Gasteiger partial charge in [0.15, 0.2) is 0 Å². The SMILES string of the molecule is CC(=O)N(CC(=O)N1CCN(C)CC1)Cc1ccc(Cl)cc1. The molecule has 1 aromatic carbocycles. The number of amides is 2. The molecule has 0 N–H and O–H groups in total. The number of rotatable bonds is 4. The van der Waals surface area contributed by atoms with Crippen molar-refractivity contribution < 1.29 is 9.59 Å². The van der Waals surface area contributed by atoms with Gasteiger partial charge in [-0.1, -0.05) is 23.7 Å². The lowest BCUT2D eigenvalue weighted by atomic mass is 10.2. The van der Waals surface area contributed by atoms with E-state index in [0.29, 0.717) is 11.6 Å². The van der Waals surface area contributed by atoms with E-state index in [1.165, 1.54) is 6.92 Å². The zero-order valence-corrected chi connectivity index (χ0v) is 13.8. The molecule has 0 spiro atoms. The Kier molecular flexibility index (Phi) is 5.80. The minimum absolute atomic E-state index is 0.0114. The largest absolute Gasteiger partial charge is 0.339 e. The van der Waals surface area contributed by atoms with Crippen LogP contribution in [0.15, 0.2) is 24.3 Å². The fourth-order valence-electron chi connectivity index (χ4n) is 2.41. The number of carbonyl (C=O) groups is 2. The van der Waals surface area contributed by atoms with E-state index in [-0.39, 0.29) is 18.4 Å². The van der Waals surface area contributed by atoms with Gasteiger partial charge in [0.25, 0.3) is 0 Å². The summed E-state index contributed by atoms with van der Waals surface area (Å²) in [6.45, 7) is 5.25. The molecule has 0 bridgehead atoms. The molecule has 0 radical (unpaired) electrons. The molecule has 22 heavy (non-hydrogen) atoms. The summed E-state index contributed by atoms with van der Waals surface area (Å²) >= 11 is 5.86. The van der Waals surface area contributed by atoms with E-state index < -0.39 is 0 Å². The number of hydrogen-bond donors (Lipinski definition) is 0. The summed E-state index contributed by atoms with van der Waals surface area (Å²) in [6.07, 6.45) is 0. The van der Waals surface area contributed by atoms with Gasteiger partial charge in [-0.2, -0.15) is 0 Å². The Morgan fingerprint density at radius 1 is 1.14 bits per heavy atom. The summed E-state index contributed by atoms with van der Waals surface area (Å²) < 4.78 is 0. The maximum Gasteiger partial charge on any atom is 0.242 e. The second kappa shape index (κ2) is 7.61. The first-order valence-corrected chi connectivity index (χ1v) is 7.80. The van der Waals surface area contributed by atoms with Gasteiger partial charge in [-0.15, -0.1) is 0 Å². The van der Waals surface area contributed by atoms with Crippen LogP contribution in [0.2, 0.25) is 5.02 Å². The summed E-state index contributed by atoms with van der Waals surface area (Å²) in [5.41, 5.74) is 0.964. The van der Waals surface area contributed by atoms with Gasteiger partial charge >= 0.3 is 0 Å². The molecule has 5 nitrogen and oxygen atoms in total. The van der Waals surface area contributed by atoms with Crippen LogP contribution >= 0.6 is 11.6 Å². The summed E-state index contributed by atoms with van der Waals surface area (Å²) in [5.74, 6) is -0.0882. The highest BCUT2D eigenvalue weighted by Gasteiger charge is 2.22. The highest BCUT2D eigenvalue weighted by Crippen LogP contribution is 2.12. The van der Waals surface area contributed by atoms with Crippen LogP contribution in [0.1, 0.15) is 12.5 Å². The molecule has 0 unspecified atom stereocenters. The van der Waals surface area contributed by atoms with E-state index in [0.717, 1.165) is 31.7 Å². The highest BCUT2D eigenvalue weighted by molar-refractivity contribution is 6.30. The van der Waals surface area contributed by atoms with E-state index >= 15 is 0 Å². The van der Waals surface area contributed by atoms with Crippen LogP contribution < -0.4 is 0 Å². The topological polar surface area (TPSA) is 43.9 Å². The second-order valence-corrected chi connectivity index (χ2v) is 6.12. The molecule has 2 amide bonds. The van der Waals surface area contributed by atoms with E-state index in [1.807, 2.05) is 24.1 Å². The quantitative estimate of drug-likeness (QED) is 0.842. The van der Waals surface area contributed by atoms with Crippen molar-refractivity contribution in [2.45, 2.75) is 13.5 Å². The average Bonchev–Trinajstić information content (AvgIpc) is 2.49. The van der Waals surface area contributed by atoms with Crippen molar-refractivity contribution in [1.29, 1.82) is 0 Å². The molecule has 1 heterocycles. The molecule has 0 aromatic heterocycles. The van der Waals surface area contributed by atoms with Gasteiger partial charge in [-0.05, 0) is 24.7 Å². The van der Waals surface area contributed by atoms with Crippen LogP contribution in [0, 0.1) is 0 Å². The zero-order valence-electron chi connectivity index (χ0n) is 13.1. The first-order chi connectivity index (χ1) is 10.5. The molecule has 0 saturated carbocycles. The normalized spacial score (nSPS) is 15.7. The maximum absolute atomic E-state index is 12.4. The van der Waals surface area contributed by atoms with E-state index in [4.69, 9.17) is 11.6 Å². The molecule has 1 aliphatic rings. The second-order valence-electron chi connectivity index (χ2n) is 5.69. The average molecular weight is 324 g/mol. The number of likely N-dealkylation sites (N-methyl/N-ethyl adjacent to an activating group) is 1. The molecular formula is C16H22ClN3O2. The summed E-state index contributed by atoms with van der Waals surface area (Å²) in [6, 6.07) is 7.33. The fraction of sp³-hybridized carbons (Fsp3) is 0.500. The molecule has 1 aromatic rings. The van der Waals surface area contributed by atoms with Crippen molar-refractivity contribution in [3.05, 3.63) is 34.9 Å². The number of halogens is 1. The third-order valence-corrected chi connectivity index (χ3v) is 4.17. The highest BCUT2D eigenvalue weighted by atomic mass is 35.5. The minimum Gasteiger partial charge on any atom is -0.339 e.